The quantitative estimate of drug-likeness (QED) is 0.665. The van der Waals surface area contributed by atoms with Crippen LogP contribution in [0.3, 0.4) is 0 Å². The molecular weight excluding hydrogens is 259 g/mol. The SMILES string of the molecule is ClC1CC(c2ccccc2)=CC=C1Br. The smallest absolute Gasteiger partial charge is 0.0691 e. The van der Waals surface area contributed by atoms with Crippen molar-refractivity contribution in [2.45, 2.75) is 11.8 Å². The molecular formula is C12H10BrCl. The van der Waals surface area contributed by atoms with Crippen molar-refractivity contribution in [2.24, 2.45) is 0 Å². The van der Waals surface area contributed by atoms with Gasteiger partial charge in [0.15, 0.2) is 0 Å². The van der Waals surface area contributed by atoms with Gasteiger partial charge < -0.3 is 0 Å². The van der Waals surface area contributed by atoms with Crippen LogP contribution in [0.2, 0.25) is 0 Å². The Morgan fingerprint density at radius 2 is 1.86 bits per heavy atom. The van der Waals surface area contributed by atoms with Crippen LogP contribution in [0.4, 0.5) is 0 Å². The van der Waals surface area contributed by atoms with Crippen molar-refractivity contribution in [1.29, 1.82) is 0 Å². The number of hydrogen-bond donors (Lipinski definition) is 0. The van der Waals surface area contributed by atoms with Gasteiger partial charge in [0.2, 0.25) is 0 Å². The summed E-state index contributed by atoms with van der Waals surface area (Å²) in [6, 6.07) is 10.3. The molecule has 14 heavy (non-hydrogen) atoms. The van der Waals surface area contributed by atoms with E-state index in [0.717, 1.165) is 10.9 Å². The Kier molecular flexibility index (Phi) is 3.09. The van der Waals surface area contributed by atoms with Gasteiger partial charge in [-0.1, -0.05) is 58.4 Å². The van der Waals surface area contributed by atoms with E-state index in [1.165, 1.54) is 11.1 Å². The fourth-order valence-corrected chi connectivity index (χ4v) is 2.04. The van der Waals surface area contributed by atoms with E-state index in [4.69, 9.17) is 11.6 Å². The first kappa shape index (κ1) is 10.0. The van der Waals surface area contributed by atoms with Gasteiger partial charge in [-0.15, -0.1) is 11.6 Å². The number of allylic oxidation sites excluding steroid dienone is 4. The van der Waals surface area contributed by atoms with Crippen LogP contribution in [0.1, 0.15) is 12.0 Å². The van der Waals surface area contributed by atoms with Crippen molar-refractivity contribution in [1.82, 2.24) is 0 Å². The van der Waals surface area contributed by atoms with E-state index in [1.807, 2.05) is 24.3 Å². The van der Waals surface area contributed by atoms with E-state index in [2.05, 4.69) is 34.1 Å². The Hall–Kier alpha value is -0.530. The molecule has 0 aliphatic heterocycles. The molecule has 0 amide bonds. The van der Waals surface area contributed by atoms with E-state index in [0.29, 0.717) is 0 Å². The van der Waals surface area contributed by atoms with Crippen LogP contribution < -0.4 is 0 Å². The fraction of sp³-hybridized carbons (Fsp3) is 0.167. The van der Waals surface area contributed by atoms with Gasteiger partial charge in [0, 0.05) is 4.48 Å². The third-order valence-electron chi connectivity index (χ3n) is 2.29. The normalized spacial score (nSPS) is 21.4. The molecule has 72 valence electrons. The molecule has 0 bridgehead atoms. The van der Waals surface area contributed by atoms with Gasteiger partial charge in [-0.05, 0) is 17.6 Å². The predicted octanol–water partition coefficient (Wildman–Crippen LogP) is 4.36. The molecule has 0 radical (unpaired) electrons. The first-order valence-corrected chi connectivity index (χ1v) is 5.76. The number of hydrogen-bond acceptors (Lipinski definition) is 0. The van der Waals surface area contributed by atoms with Gasteiger partial charge in [0.25, 0.3) is 0 Å². The van der Waals surface area contributed by atoms with E-state index in [-0.39, 0.29) is 5.38 Å². The molecule has 1 aliphatic carbocycles. The highest BCUT2D eigenvalue weighted by Gasteiger charge is 2.15. The first-order chi connectivity index (χ1) is 6.77. The molecule has 0 N–H and O–H groups in total. The number of halogens is 2. The van der Waals surface area contributed by atoms with Crippen molar-refractivity contribution >= 4 is 33.1 Å². The monoisotopic (exact) mass is 268 g/mol. The predicted molar refractivity (Wildman–Crippen MR) is 65.7 cm³/mol. The highest BCUT2D eigenvalue weighted by molar-refractivity contribution is 9.11. The molecule has 0 saturated heterocycles. The summed E-state index contributed by atoms with van der Waals surface area (Å²) in [6.07, 6.45) is 5.05. The van der Waals surface area contributed by atoms with Crippen LogP contribution in [-0.2, 0) is 0 Å². The lowest BCUT2D eigenvalue weighted by atomic mass is 9.97. The molecule has 0 heterocycles. The number of alkyl halides is 1. The molecule has 1 aliphatic rings. The van der Waals surface area contributed by atoms with Crippen LogP contribution in [0.15, 0.2) is 47.0 Å². The molecule has 1 unspecified atom stereocenters. The summed E-state index contributed by atoms with van der Waals surface area (Å²) >= 11 is 9.59. The average molecular weight is 270 g/mol. The molecule has 0 spiro atoms. The van der Waals surface area contributed by atoms with Crippen LogP contribution in [0, 0.1) is 0 Å². The van der Waals surface area contributed by atoms with Crippen LogP contribution in [-0.4, -0.2) is 5.38 Å². The molecule has 1 aromatic carbocycles. The Morgan fingerprint density at radius 3 is 2.50 bits per heavy atom. The summed E-state index contributed by atoms with van der Waals surface area (Å²) < 4.78 is 1.07. The van der Waals surface area contributed by atoms with Gasteiger partial charge in [0.1, 0.15) is 0 Å². The zero-order valence-corrected chi connectivity index (χ0v) is 9.92. The Bertz CT molecular complexity index is 379. The van der Waals surface area contributed by atoms with Crippen molar-refractivity contribution in [2.75, 3.05) is 0 Å². The zero-order valence-electron chi connectivity index (χ0n) is 7.58. The summed E-state index contributed by atoms with van der Waals surface area (Å²) in [5.74, 6) is 0. The third kappa shape index (κ3) is 2.10. The molecule has 0 aromatic heterocycles. The number of rotatable bonds is 1. The highest BCUT2D eigenvalue weighted by atomic mass is 79.9. The van der Waals surface area contributed by atoms with E-state index in [1.54, 1.807) is 0 Å². The standard InChI is InChI=1S/C12H10BrCl/c13-11-7-6-10(8-12(11)14)9-4-2-1-3-5-9/h1-7,12H,8H2. The van der Waals surface area contributed by atoms with E-state index in [9.17, 15) is 0 Å². The van der Waals surface area contributed by atoms with Crippen molar-refractivity contribution < 1.29 is 0 Å². The van der Waals surface area contributed by atoms with Gasteiger partial charge in [-0.3, -0.25) is 0 Å². The maximum absolute atomic E-state index is 6.16. The Labute approximate surface area is 97.4 Å². The van der Waals surface area contributed by atoms with Gasteiger partial charge in [-0.25, -0.2) is 0 Å². The lowest BCUT2D eigenvalue weighted by Gasteiger charge is -2.16. The molecule has 0 nitrogen and oxygen atoms in total. The van der Waals surface area contributed by atoms with E-state index < -0.39 is 0 Å². The van der Waals surface area contributed by atoms with Crippen molar-refractivity contribution in [3.05, 3.63) is 52.5 Å². The fourth-order valence-electron chi connectivity index (χ4n) is 1.51. The maximum Gasteiger partial charge on any atom is 0.0691 e. The second kappa shape index (κ2) is 4.33. The minimum absolute atomic E-state index is 0.0789. The minimum Gasteiger partial charge on any atom is -0.117 e. The third-order valence-corrected chi connectivity index (χ3v) is 3.76. The van der Waals surface area contributed by atoms with E-state index >= 15 is 0 Å². The topological polar surface area (TPSA) is 0 Å². The molecule has 1 atom stereocenters. The molecule has 2 heteroatoms. The summed E-state index contributed by atoms with van der Waals surface area (Å²) in [4.78, 5) is 0. The van der Waals surface area contributed by atoms with Crippen LogP contribution in [0.25, 0.3) is 5.57 Å². The summed E-state index contributed by atoms with van der Waals surface area (Å²) in [5, 5.41) is 0.0789. The second-order valence-electron chi connectivity index (χ2n) is 3.28. The summed E-state index contributed by atoms with van der Waals surface area (Å²) in [7, 11) is 0. The van der Waals surface area contributed by atoms with Gasteiger partial charge in [-0.2, -0.15) is 0 Å². The second-order valence-corrected chi connectivity index (χ2v) is 4.72. The first-order valence-electron chi connectivity index (χ1n) is 4.53. The highest BCUT2D eigenvalue weighted by Crippen LogP contribution is 2.32. The molecule has 1 aromatic rings. The van der Waals surface area contributed by atoms with Crippen LogP contribution in [0.5, 0.6) is 0 Å². The molecule has 0 saturated carbocycles. The Balaban J connectivity index is 2.30. The van der Waals surface area contributed by atoms with Gasteiger partial charge >= 0.3 is 0 Å². The minimum atomic E-state index is 0.0789. The summed E-state index contributed by atoms with van der Waals surface area (Å²) in [6.45, 7) is 0. The largest absolute Gasteiger partial charge is 0.117 e. The average Bonchev–Trinajstić information content (AvgIpc) is 2.23. The van der Waals surface area contributed by atoms with Crippen molar-refractivity contribution in [3.8, 4) is 0 Å². The van der Waals surface area contributed by atoms with Gasteiger partial charge in [0.05, 0.1) is 5.38 Å². The lowest BCUT2D eigenvalue weighted by molar-refractivity contribution is 1.05. The zero-order chi connectivity index (χ0) is 9.97. The molecule has 0 fully saturated rings. The summed E-state index contributed by atoms with van der Waals surface area (Å²) in [5.41, 5.74) is 2.56. The van der Waals surface area contributed by atoms with Crippen molar-refractivity contribution in [3.63, 3.8) is 0 Å². The maximum atomic E-state index is 6.16. The number of benzene rings is 1. The van der Waals surface area contributed by atoms with Crippen LogP contribution >= 0.6 is 27.5 Å². The lowest BCUT2D eigenvalue weighted by Crippen LogP contribution is -2.03. The Morgan fingerprint density at radius 1 is 1.14 bits per heavy atom. The molecule has 2 rings (SSSR count).